The van der Waals surface area contributed by atoms with Gasteiger partial charge in [-0.1, -0.05) is 0 Å². The molecule has 0 unspecified atom stereocenters. The molecule has 2 N–H and O–H groups in total. The Morgan fingerprint density at radius 3 is 3.11 bits per heavy atom. The lowest BCUT2D eigenvalue weighted by atomic mass is 10.1. The second-order valence-electron chi connectivity index (χ2n) is 4.54. The Morgan fingerprint density at radius 1 is 1.63 bits per heavy atom. The highest BCUT2D eigenvalue weighted by Gasteiger charge is 2.22. The quantitative estimate of drug-likeness (QED) is 0.736. The molecule has 1 aliphatic rings. The molecule has 2 heterocycles. The van der Waals surface area contributed by atoms with E-state index in [1.807, 2.05) is 13.1 Å². The van der Waals surface area contributed by atoms with Crippen molar-refractivity contribution in [1.29, 1.82) is 0 Å². The van der Waals surface area contributed by atoms with Crippen molar-refractivity contribution >= 4 is 23.6 Å². The molecule has 1 fully saturated rings. The first-order chi connectivity index (χ1) is 9.16. The van der Waals surface area contributed by atoms with Crippen LogP contribution in [-0.4, -0.2) is 51.6 Å². The van der Waals surface area contributed by atoms with Crippen LogP contribution in [-0.2, 0) is 16.0 Å². The van der Waals surface area contributed by atoms with Gasteiger partial charge in [0.1, 0.15) is 6.54 Å². The van der Waals surface area contributed by atoms with Crippen LogP contribution in [0.2, 0.25) is 0 Å². The maximum atomic E-state index is 11.6. The van der Waals surface area contributed by atoms with Crippen LogP contribution in [0.1, 0.15) is 17.7 Å². The van der Waals surface area contributed by atoms with Crippen molar-refractivity contribution in [3.63, 3.8) is 0 Å². The van der Waals surface area contributed by atoms with Gasteiger partial charge in [-0.2, -0.15) is 5.10 Å². The van der Waals surface area contributed by atoms with E-state index in [1.165, 1.54) is 5.56 Å². The SMILES string of the molecule is Cc1[nH]ncc1CCCNC(=O)CN1CSCC1=O. The summed E-state index contributed by atoms with van der Waals surface area (Å²) in [6.07, 6.45) is 3.58. The molecule has 6 nitrogen and oxygen atoms in total. The third-order valence-corrected chi connectivity index (χ3v) is 3.98. The summed E-state index contributed by atoms with van der Waals surface area (Å²) < 4.78 is 0. The van der Waals surface area contributed by atoms with Gasteiger partial charge < -0.3 is 10.2 Å². The van der Waals surface area contributed by atoms with E-state index in [0.29, 0.717) is 18.2 Å². The van der Waals surface area contributed by atoms with Crippen molar-refractivity contribution < 1.29 is 9.59 Å². The lowest BCUT2D eigenvalue weighted by Crippen LogP contribution is -2.38. The summed E-state index contributed by atoms with van der Waals surface area (Å²) in [5.74, 6) is 1.09. The first-order valence-corrected chi connectivity index (χ1v) is 7.43. The van der Waals surface area contributed by atoms with Crippen molar-refractivity contribution in [1.82, 2.24) is 20.4 Å². The summed E-state index contributed by atoms with van der Waals surface area (Å²) in [6, 6.07) is 0. The third-order valence-electron chi connectivity index (χ3n) is 3.04. The Labute approximate surface area is 116 Å². The van der Waals surface area contributed by atoms with Crippen LogP contribution in [0.5, 0.6) is 0 Å². The van der Waals surface area contributed by atoms with E-state index < -0.39 is 0 Å². The second kappa shape index (κ2) is 6.60. The molecule has 0 aliphatic carbocycles. The number of H-pyrrole nitrogens is 1. The van der Waals surface area contributed by atoms with Crippen molar-refractivity contribution in [2.24, 2.45) is 0 Å². The standard InChI is InChI=1S/C12H18N4O2S/c1-9-10(5-14-15-9)3-2-4-13-11(17)6-16-8-19-7-12(16)18/h5H,2-4,6-8H2,1H3,(H,13,17)(H,14,15). The zero-order valence-electron chi connectivity index (χ0n) is 10.9. The number of amides is 2. The maximum absolute atomic E-state index is 11.6. The van der Waals surface area contributed by atoms with Crippen molar-refractivity contribution in [3.8, 4) is 0 Å². The molecule has 0 bridgehead atoms. The minimum Gasteiger partial charge on any atom is -0.355 e. The highest BCUT2D eigenvalue weighted by atomic mass is 32.2. The zero-order valence-corrected chi connectivity index (χ0v) is 11.8. The molecule has 7 heteroatoms. The highest BCUT2D eigenvalue weighted by Crippen LogP contribution is 2.13. The Hall–Kier alpha value is -1.50. The van der Waals surface area contributed by atoms with Crippen molar-refractivity contribution in [3.05, 3.63) is 17.5 Å². The summed E-state index contributed by atoms with van der Waals surface area (Å²) in [4.78, 5) is 24.6. The number of aromatic nitrogens is 2. The number of hydrogen-bond acceptors (Lipinski definition) is 4. The Balaban J connectivity index is 1.61. The lowest BCUT2D eigenvalue weighted by molar-refractivity contribution is -0.132. The molecule has 2 amide bonds. The number of nitrogens with one attached hydrogen (secondary N) is 2. The van der Waals surface area contributed by atoms with Gasteiger partial charge in [0.2, 0.25) is 11.8 Å². The molecule has 19 heavy (non-hydrogen) atoms. The summed E-state index contributed by atoms with van der Waals surface area (Å²) >= 11 is 1.55. The van der Waals surface area contributed by atoms with Gasteiger partial charge in [-0.3, -0.25) is 14.7 Å². The Bertz CT molecular complexity index is 460. The molecule has 1 saturated heterocycles. The number of hydrogen-bond donors (Lipinski definition) is 2. The van der Waals surface area contributed by atoms with E-state index in [4.69, 9.17) is 0 Å². The molecule has 0 spiro atoms. The first kappa shape index (κ1) is 13.9. The zero-order chi connectivity index (χ0) is 13.7. The molecule has 2 rings (SSSR count). The van der Waals surface area contributed by atoms with E-state index in [0.717, 1.165) is 18.5 Å². The van der Waals surface area contributed by atoms with Crippen LogP contribution in [0.15, 0.2) is 6.20 Å². The number of aryl methyl sites for hydroxylation is 2. The molecule has 1 aliphatic heterocycles. The van der Waals surface area contributed by atoms with Gasteiger partial charge in [0.05, 0.1) is 17.8 Å². The lowest BCUT2D eigenvalue weighted by Gasteiger charge is -2.14. The molecule has 1 aromatic rings. The largest absolute Gasteiger partial charge is 0.355 e. The fraction of sp³-hybridized carbons (Fsp3) is 0.583. The minimum atomic E-state index is -0.0836. The van der Waals surface area contributed by atoms with Gasteiger partial charge in [-0.05, 0) is 25.3 Å². The van der Waals surface area contributed by atoms with E-state index in [2.05, 4.69) is 15.5 Å². The first-order valence-electron chi connectivity index (χ1n) is 6.28. The average molecular weight is 282 g/mol. The van der Waals surface area contributed by atoms with Crippen LogP contribution in [0, 0.1) is 6.92 Å². The van der Waals surface area contributed by atoms with Crippen molar-refractivity contribution in [2.45, 2.75) is 19.8 Å². The molecule has 0 atom stereocenters. The molecular formula is C12H18N4O2S. The summed E-state index contributed by atoms with van der Waals surface area (Å²) in [6.45, 7) is 2.78. The van der Waals surface area contributed by atoms with Gasteiger partial charge in [-0.15, -0.1) is 11.8 Å². The predicted octanol–water partition coefficient (Wildman–Crippen LogP) is 0.300. The minimum absolute atomic E-state index is 0.0502. The van der Waals surface area contributed by atoms with Crippen LogP contribution in [0.3, 0.4) is 0 Å². The maximum Gasteiger partial charge on any atom is 0.239 e. The summed E-state index contributed by atoms with van der Waals surface area (Å²) in [5, 5.41) is 9.68. The van der Waals surface area contributed by atoms with Crippen molar-refractivity contribution in [2.75, 3.05) is 24.7 Å². The fourth-order valence-electron chi connectivity index (χ4n) is 1.90. The monoisotopic (exact) mass is 282 g/mol. The molecule has 0 radical (unpaired) electrons. The second-order valence-corrected chi connectivity index (χ2v) is 5.50. The van der Waals surface area contributed by atoms with Gasteiger partial charge in [-0.25, -0.2) is 0 Å². The van der Waals surface area contributed by atoms with E-state index >= 15 is 0 Å². The van der Waals surface area contributed by atoms with Gasteiger partial charge in [0.25, 0.3) is 0 Å². The molecule has 104 valence electrons. The average Bonchev–Trinajstić information content (AvgIpc) is 2.95. The fourth-order valence-corrected chi connectivity index (χ4v) is 2.81. The number of carbonyl (C=O) groups excluding carboxylic acids is 2. The molecule has 0 saturated carbocycles. The number of rotatable bonds is 6. The van der Waals surface area contributed by atoms with Gasteiger partial charge >= 0.3 is 0 Å². The number of thioether (sulfide) groups is 1. The third kappa shape index (κ3) is 3.99. The van der Waals surface area contributed by atoms with E-state index in [1.54, 1.807) is 16.7 Å². The van der Waals surface area contributed by atoms with Crippen LogP contribution in [0.25, 0.3) is 0 Å². The Kier molecular flexibility index (Phi) is 4.84. The van der Waals surface area contributed by atoms with E-state index in [9.17, 15) is 9.59 Å². The number of nitrogens with zero attached hydrogens (tertiary/aromatic N) is 2. The predicted molar refractivity (Wildman–Crippen MR) is 73.7 cm³/mol. The van der Waals surface area contributed by atoms with E-state index in [-0.39, 0.29) is 18.4 Å². The van der Waals surface area contributed by atoms with Gasteiger partial charge in [0.15, 0.2) is 0 Å². The molecule has 0 aromatic carbocycles. The van der Waals surface area contributed by atoms with Crippen LogP contribution < -0.4 is 5.32 Å². The highest BCUT2D eigenvalue weighted by molar-refractivity contribution is 8.00. The van der Waals surface area contributed by atoms with Crippen LogP contribution >= 0.6 is 11.8 Å². The molecule has 1 aromatic heterocycles. The Morgan fingerprint density at radius 2 is 2.47 bits per heavy atom. The number of carbonyl (C=O) groups is 2. The smallest absolute Gasteiger partial charge is 0.239 e. The number of aromatic amines is 1. The van der Waals surface area contributed by atoms with Gasteiger partial charge in [0, 0.05) is 12.2 Å². The molecular weight excluding hydrogens is 264 g/mol. The van der Waals surface area contributed by atoms with Crippen LogP contribution in [0.4, 0.5) is 0 Å². The summed E-state index contributed by atoms with van der Waals surface area (Å²) in [7, 11) is 0. The summed E-state index contributed by atoms with van der Waals surface area (Å²) in [5.41, 5.74) is 2.26. The normalized spacial score (nSPS) is 15.0. The topological polar surface area (TPSA) is 78.1 Å².